The average molecular weight is 328 g/mol. The van der Waals surface area contributed by atoms with Gasteiger partial charge in [0, 0.05) is 19.8 Å². The Labute approximate surface area is 136 Å². The van der Waals surface area contributed by atoms with Gasteiger partial charge in [-0.1, -0.05) is 30.4 Å². The van der Waals surface area contributed by atoms with Crippen LogP contribution in [0, 0.1) is 10.1 Å². The monoisotopic (exact) mass is 328 g/mol. The molecule has 1 aromatic carbocycles. The molecule has 0 atom stereocenters. The van der Waals surface area contributed by atoms with Crippen LogP contribution >= 0.6 is 0 Å². The van der Waals surface area contributed by atoms with Crippen molar-refractivity contribution in [2.75, 3.05) is 19.0 Å². The summed E-state index contributed by atoms with van der Waals surface area (Å²) in [4.78, 5) is 38.8. The quantitative estimate of drug-likeness (QED) is 0.493. The van der Waals surface area contributed by atoms with Crippen LogP contribution in [0.2, 0.25) is 0 Å². The predicted molar refractivity (Wildman–Crippen MR) is 93.2 cm³/mol. The largest absolute Gasteiger partial charge is 0.378 e. The van der Waals surface area contributed by atoms with Crippen molar-refractivity contribution in [1.82, 2.24) is 9.97 Å². The number of benzene rings is 1. The Bertz CT molecular complexity index is 905. The van der Waals surface area contributed by atoms with Crippen molar-refractivity contribution >= 4 is 23.5 Å². The summed E-state index contributed by atoms with van der Waals surface area (Å²) in [6.07, 6.45) is 6.28. The van der Waals surface area contributed by atoms with Crippen LogP contribution in [-0.2, 0) is 0 Å². The van der Waals surface area contributed by atoms with E-state index in [0.717, 1.165) is 11.3 Å². The highest BCUT2D eigenvalue weighted by molar-refractivity contribution is 5.61. The molecule has 124 valence electrons. The Hall–Kier alpha value is -3.42. The third kappa shape index (κ3) is 4.07. The minimum Gasteiger partial charge on any atom is -0.378 e. The molecule has 8 nitrogen and oxygen atoms in total. The van der Waals surface area contributed by atoms with E-state index in [2.05, 4.69) is 4.98 Å². The topological polar surface area (TPSA) is 112 Å². The maximum absolute atomic E-state index is 11.5. The number of aromatic amines is 2. The summed E-state index contributed by atoms with van der Waals surface area (Å²) >= 11 is 0. The summed E-state index contributed by atoms with van der Waals surface area (Å²) in [7, 11) is 3.89. The van der Waals surface area contributed by atoms with Crippen LogP contribution < -0.4 is 16.1 Å². The number of nitrogens with one attached hydrogen (secondary N) is 2. The Morgan fingerprint density at radius 3 is 2.25 bits per heavy atom. The second-order valence-electron chi connectivity index (χ2n) is 5.13. The lowest BCUT2D eigenvalue weighted by Crippen LogP contribution is -2.25. The van der Waals surface area contributed by atoms with Gasteiger partial charge >= 0.3 is 16.9 Å². The molecule has 0 aliphatic carbocycles. The highest BCUT2D eigenvalue weighted by Gasteiger charge is 2.18. The van der Waals surface area contributed by atoms with E-state index < -0.39 is 21.9 Å². The molecule has 0 aliphatic heterocycles. The fourth-order valence-electron chi connectivity index (χ4n) is 2.00. The van der Waals surface area contributed by atoms with E-state index in [1.165, 1.54) is 12.2 Å². The highest BCUT2D eigenvalue weighted by Crippen LogP contribution is 2.14. The number of hydrogen-bond acceptors (Lipinski definition) is 5. The molecule has 0 saturated carbocycles. The summed E-state index contributed by atoms with van der Waals surface area (Å²) in [6.45, 7) is 0. The normalized spacial score (nSPS) is 11.2. The first-order valence-corrected chi connectivity index (χ1v) is 7.01. The summed E-state index contributed by atoms with van der Waals surface area (Å²) in [6, 6.07) is 7.78. The van der Waals surface area contributed by atoms with Crippen LogP contribution in [-0.4, -0.2) is 29.0 Å². The van der Waals surface area contributed by atoms with Gasteiger partial charge in [0.25, 0.3) is 0 Å². The van der Waals surface area contributed by atoms with Crippen LogP contribution in [0.1, 0.15) is 11.3 Å². The Kier molecular flexibility index (Phi) is 5.10. The smallest absolute Gasteiger partial charge is 0.357 e. The Morgan fingerprint density at radius 2 is 1.67 bits per heavy atom. The zero-order valence-electron chi connectivity index (χ0n) is 13.1. The molecule has 0 amide bonds. The lowest BCUT2D eigenvalue weighted by atomic mass is 10.2. The van der Waals surface area contributed by atoms with Crippen molar-refractivity contribution in [3.63, 3.8) is 0 Å². The molecule has 2 N–H and O–H groups in total. The zero-order chi connectivity index (χ0) is 17.7. The molecule has 0 aliphatic rings. The van der Waals surface area contributed by atoms with E-state index >= 15 is 0 Å². The van der Waals surface area contributed by atoms with Crippen molar-refractivity contribution in [3.05, 3.63) is 78.6 Å². The molecule has 1 heterocycles. The van der Waals surface area contributed by atoms with Crippen molar-refractivity contribution in [1.29, 1.82) is 0 Å². The van der Waals surface area contributed by atoms with Gasteiger partial charge in [-0.05, 0) is 23.8 Å². The van der Waals surface area contributed by atoms with Gasteiger partial charge in [0.05, 0.1) is 4.92 Å². The average Bonchev–Trinajstić information content (AvgIpc) is 2.51. The third-order valence-electron chi connectivity index (χ3n) is 3.20. The van der Waals surface area contributed by atoms with Gasteiger partial charge in [0.15, 0.2) is 0 Å². The molecule has 8 heteroatoms. The standard InChI is InChI=1S/C16H16N4O4/c1-19(2)12-9-7-11(8-10-12)5-3-4-6-13-14(20(23)24)15(21)18-16(22)17-13/h3-10H,1-2H3,(H2,17,18,21,22)/b5-3+,6-4+. The maximum atomic E-state index is 11.5. The first-order valence-electron chi connectivity index (χ1n) is 7.01. The molecule has 0 radical (unpaired) electrons. The number of nitro groups is 1. The van der Waals surface area contributed by atoms with E-state index in [4.69, 9.17) is 0 Å². The number of nitrogens with zero attached hydrogens (tertiary/aromatic N) is 2. The number of allylic oxidation sites excluding steroid dienone is 2. The fraction of sp³-hybridized carbons (Fsp3) is 0.125. The molecule has 0 bridgehead atoms. The molecular formula is C16H16N4O4. The molecule has 0 fully saturated rings. The van der Waals surface area contributed by atoms with Gasteiger partial charge in [-0.3, -0.25) is 19.9 Å². The molecule has 0 unspecified atom stereocenters. The molecule has 0 spiro atoms. The number of H-pyrrole nitrogens is 2. The van der Waals surface area contributed by atoms with E-state index in [0.29, 0.717) is 0 Å². The van der Waals surface area contributed by atoms with Gasteiger partial charge in [-0.15, -0.1) is 0 Å². The second kappa shape index (κ2) is 7.23. The SMILES string of the molecule is CN(C)c1ccc(/C=C/C=C/c2[nH]c(=O)[nH]c(=O)c2[N+](=O)[O-])cc1. The van der Waals surface area contributed by atoms with Gasteiger partial charge in [-0.2, -0.15) is 0 Å². The van der Waals surface area contributed by atoms with E-state index in [1.807, 2.05) is 48.2 Å². The summed E-state index contributed by atoms with van der Waals surface area (Å²) in [5, 5.41) is 10.9. The van der Waals surface area contributed by atoms with Gasteiger partial charge in [-0.25, -0.2) is 4.79 Å². The second-order valence-corrected chi connectivity index (χ2v) is 5.13. The molecule has 2 aromatic rings. The van der Waals surface area contributed by atoms with E-state index in [-0.39, 0.29) is 5.69 Å². The molecule has 2 rings (SSSR count). The predicted octanol–water partition coefficient (Wildman–Crippen LogP) is 1.76. The fourth-order valence-corrected chi connectivity index (χ4v) is 2.00. The van der Waals surface area contributed by atoms with Crippen LogP contribution in [0.15, 0.2) is 46.0 Å². The summed E-state index contributed by atoms with van der Waals surface area (Å²) < 4.78 is 0. The zero-order valence-corrected chi connectivity index (χ0v) is 13.1. The highest BCUT2D eigenvalue weighted by atomic mass is 16.6. The first kappa shape index (κ1) is 16.9. The Balaban J connectivity index is 2.21. The van der Waals surface area contributed by atoms with Gasteiger partial charge in [0.2, 0.25) is 0 Å². The van der Waals surface area contributed by atoms with Crippen molar-refractivity contribution in [2.24, 2.45) is 0 Å². The number of rotatable bonds is 5. The lowest BCUT2D eigenvalue weighted by molar-refractivity contribution is -0.386. The minimum atomic E-state index is -1.04. The van der Waals surface area contributed by atoms with Gasteiger partial charge in [0.1, 0.15) is 5.69 Å². The molecular weight excluding hydrogens is 312 g/mol. The van der Waals surface area contributed by atoms with E-state index in [1.54, 1.807) is 12.2 Å². The number of hydrogen-bond donors (Lipinski definition) is 2. The molecule has 0 saturated heterocycles. The first-order chi connectivity index (χ1) is 11.4. The Morgan fingerprint density at radius 1 is 1.04 bits per heavy atom. The van der Waals surface area contributed by atoms with Crippen LogP contribution in [0.5, 0.6) is 0 Å². The summed E-state index contributed by atoms with van der Waals surface area (Å²) in [5.41, 5.74) is -0.672. The van der Waals surface area contributed by atoms with Crippen molar-refractivity contribution in [2.45, 2.75) is 0 Å². The van der Waals surface area contributed by atoms with Gasteiger partial charge < -0.3 is 9.88 Å². The minimum absolute atomic E-state index is 0.152. The van der Waals surface area contributed by atoms with Crippen molar-refractivity contribution < 1.29 is 4.92 Å². The molecule has 1 aromatic heterocycles. The number of aromatic nitrogens is 2. The third-order valence-corrected chi connectivity index (χ3v) is 3.20. The van der Waals surface area contributed by atoms with Crippen LogP contribution in [0.4, 0.5) is 11.4 Å². The van der Waals surface area contributed by atoms with Crippen molar-refractivity contribution in [3.8, 4) is 0 Å². The maximum Gasteiger partial charge on any atom is 0.357 e. The molecule has 24 heavy (non-hydrogen) atoms. The van der Waals surface area contributed by atoms with Crippen LogP contribution in [0.3, 0.4) is 0 Å². The lowest BCUT2D eigenvalue weighted by Gasteiger charge is -2.11. The summed E-state index contributed by atoms with van der Waals surface area (Å²) in [5.74, 6) is 0. The van der Waals surface area contributed by atoms with Crippen LogP contribution in [0.25, 0.3) is 12.2 Å². The number of anilines is 1. The van der Waals surface area contributed by atoms with E-state index in [9.17, 15) is 19.7 Å².